The number of nitrogens with zero attached hydrogens (tertiary/aromatic N) is 1. The Bertz CT molecular complexity index is 1330. The molecule has 1 heterocycles. The van der Waals surface area contributed by atoms with Gasteiger partial charge in [-0.05, 0) is 47.0 Å². The zero-order valence-corrected chi connectivity index (χ0v) is 17.7. The van der Waals surface area contributed by atoms with Gasteiger partial charge in [0, 0.05) is 12.4 Å². The average molecular weight is 435 g/mol. The van der Waals surface area contributed by atoms with Crippen LogP contribution in [0.15, 0.2) is 96.2 Å². The maximum Gasteiger partial charge on any atom is 0.261 e. The maximum absolute atomic E-state index is 13.2. The lowest BCUT2D eigenvalue weighted by molar-refractivity contribution is 0.0587. The van der Waals surface area contributed by atoms with Gasteiger partial charge in [-0.3, -0.25) is 9.36 Å². The van der Waals surface area contributed by atoms with Crippen molar-refractivity contribution in [3.05, 3.63) is 102 Å². The molecule has 0 unspecified atom stereocenters. The van der Waals surface area contributed by atoms with Crippen molar-refractivity contribution in [3.63, 3.8) is 0 Å². The molecule has 0 bridgehead atoms. The standard InChI is InChI=1S/C24H22N2O4S/c1-17-9-2-5-14-21(17)31(29,30)25-22(23(27)24(28)26-15-6-7-16-26)20-13-8-11-18-10-3-4-12-19(18)20/h2-16,22-23,25,27H,1H3/t22-,23-/m0/s1. The van der Waals surface area contributed by atoms with Gasteiger partial charge in [-0.1, -0.05) is 60.7 Å². The molecule has 1 aromatic heterocycles. The minimum Gasteiger partial charge on any atom is -0.381 e. The summed E-state index contributed by atoms with van der Waals surface area (Å²) >= 11 is 0. The first-order valence-corrected chi connectivity index (χ1v) is 11.3. The number of sulfonamides is 1. The maximum atomic E-state index is 13.2. The van der Waals surface area contributed by atoms with Gasteiger partial charge >= 0.3 is 0 Å². The van der Waals surface area contributed by atoms with Crippen molar-refractivity contribution >= 4 is 26.7 Å². The predicted molar refractivity (Wildman–Crippen MR) is 119 cm³/mol. The number of carbonyl (C=O) groups is 1. The molecule has 3 aromatic carbocycles. The molecule has 4 rings (SSSR count). The van der Waals surface area contributed by atoms with Crippen molar-refractivity contribution in [1.82, 2.24) is 9.29 Å². The Morgan fingerprint density at radius 3 is 2.29 bits per heavy atom. The van der Waals surface area contributed by atoms with Gasteiger partial charge in [0.25, 0.3) is 5.91 Å². The first-order chi connectivity index (χ1) is 14.9. The van der Waals surface area contributed by atoms with Crippen LogP contribution in [0.2, 0.25) is 0 Å². The van der Waals surface area contributed by atoms with Gasteiger partial charge in [-0.25, -0.2) is 13.1 Å². The van der Waals surface area contributed by atoms with Crippen LogP contribution >= 0.6 is 0 Å². The van der Waals surface area contributed by atoms with E-state index in [2.05, 4.69) is 4.72 Å². The second-order valence-corrected chi connectivity index (χ2v) is 8.99. The van der Waals surface area contributed by atoms with Gasteiger partial charge in [0.2, 0.25) is 10.0 Å². The summed E-state index contributed by atoms with van der Waals surface area (Å²) < 4.78 is 30.3. The van der Waals surface area contributed by atoms with Crippen molar-refractivity contribution in [3.8, 4) is 0 Å². The van der Waals surface area contributed by atoms with E-state index in [9.17, 15) is 18.3 Å². The van der Waals surface area contributed by atoms with E-state index in [1.165, 1.54) is 23.0 Å². The molecule has 0 spiro atoms. The summed E-state index contributed by atoms with van der Waals surface area (Å²) in [6.45, 7) is 1.70. The first-order valence-electron chi connectivity index (χ1n) is 9.79. The molecule has 31 heavy (non-hydrogen) atoms. The molecule has 158 valence electrons. The number of hydrogen-bond acceptors (Lipinski definition) is 4. The van der Waals surface area contributed by atoms with Crippen LogP contribution in [0, 0.1) is 6.92 Å². The van der Waals surface area contributed by atoms with Gasteiger partial charge in [0.15, 0.2) is 6.10 Å². The van der Waals surface area contributed by atoms with E-state index in [1.54, 1.807) is 49.4 Å². The lowest BCUT2D eigenvalue weighted by Crippen LogP contribution is -2.42. The van der Waals surface area contributed by atoms with Gasteiger partial charge < -0.3 is 5.11 Å². The highest BCUT2D eigenvalue weighted by atomic mass is 32.2. The highest BCUT2D eigenvalue weighted by molar-refractivity contribution is 7.89. The number of nitrogens with one attached hydrogen (secondary N) is 1. The number of rotatable bonds is 6. The molecule has 2 N–H and O–H groups in total. The number of carbonyl (C=O) groups excluding carboxylic acids is 1. The lowest BCUT2D eigenvalue weighted by atomic mass is 9.95. The SMILES string of the molecule is Cc1ccccc1S(=O)(=O)N[C@@H](c1cccc2ccccc12)[C@H](O)C(=O)n1cccc1. The quantitative estimate of drug-likeness (QED) is 0.485. The zero-order valence-electron chi connectivity index (χ0n) is 16.8. The highest BCUT2D eigenvalue weighted by Gasteiger charge is 2.34. The van der Waals surface area contributed by atoms with E-state index >= 15 is 0 Å². The van der Waals surface area contributed by atoms with E-state index in [4.69, 9.17) is 0 Å². The fourth-order valence-corrected chi connectivity index (χ4v) is 5.15. The van der Waals surface area contributed by atoms with Crippen molar-refractivity contribution < 1.29 is 18.3 Å². The Balaban J connectivity index is 1.83. The number of fused-ring (bicyclic) bond motifs is 1. The number of aromatic nitrogens is 1. The van der Waals surface area contributed by atoms with Crippen molar-refractivity contribution in [2.24, 2.45) is 0 Å². The van der Waals surface area contributed by atoms with Crippen LogP contribution in [0.25, 0.3) is 10.8 Å². The Hall–Kier alpha value is -3.26. The fraction of sp³-hybridized carbons (Fsp3) is 0.125. The molecule has 0 fully saturated rings. The van der Waals surface area contributed by atoms with Crippen molar-refractivity contribution in [2.45, 2.75) is 24.0 Å². The Morgan fingerprint density at radius 2 is 1.55 bits per heavy atom. The van der Waals surface area contributed by atoms with Crippen molar-refractivity contribution in [1.29, 1.82) is 0 Å². The number of aryl methyl sites for hydroxylation is 1. The number of aliphatic hydroxyl groups excluding tert-OH is 1. The molecule has 0 amide bonds. The molecule has 0 radical (unpaired) electrons. The van der Waals surface area contributed by atoms with Crippen LogP contribution in [-0.4, -0.2) is 30.1 Å². The summed E-state index contributed by atoms with van der Waals surface area (Å²) in [6.07, 6.45) is 1.39. The fourth-order valence-electron chi connectivity index (χ4n) is 3.69. The molecule has 0 saturated heterocycles. The van der Waals surface area contributed by atoms with Gasteiger partial charge in [-0.15, -0.1) is 0 Å². The third kappa shape index (κ3) is 4.16. The second-order valence-electron chi connectivity index (χ2n) is 7.31. The Labute approximate surface area is 180 Å². The highest BCUT2D eigenvalue weighted by Crippen LogP contribution is 2.29. The molecule has 0 saturated carbocycles. The summed E-state index contributed by atoms with van der Waals surface area (Å²) in [6, 6.07) is 21.6. The van der Waals surface area contributed by atoms with Crippen molar-refractivity contribution in [2.75, 3.05) is 0 Å². The topological polar surface area (TPSA) is 88.4 Å². The minimum absolute atomic E-state index is 0.0980. The smallest absolute Gasteiger partial charge is 0.261 e. The summed E-state index contributed by atoms with van der Waals surface area (Å²) in [5.41, 5.74) is 1.08. The average Bonchev–Trinajstić information content (AvgIpc) is 3.31. The second kappa shape index (κ2) is 8.47. The predicted octanol–water partition coefficient (Wildman–Crippen LogP) is 3.67. The normalized spacial score (nSPS) is 13.7. The minimum atomic E-state index is -4.03. The summed E-state index contributed by atoms with van der Waals surface area (Å²) in [4.78, 5) is 13.0. The van der Waals surface area contributed by atoms with Crippen LogP contribution in [0.5, 0.6) is 0 Å². The van der Waals surface area contributed by atoms with Crippen LogP contribution in [0.1, 0.15) is 22.0 Å². The van der Waals surface area contributed by atoms with Gasteiger partial charge in [-0.2, -0.15) is 0 Å². The van der Waals surface area contributed by atoms with Gasteiger partial charge in [0.05, 0.1) is 10.9 Å². The molecule has 4 aromatic rings. The molecule has 0 aliphatic heterocycles. The molecule has 0 aliphatic rings. The molecular weight excluding hydrogens is 412 g/mol. The van der Waals surface area contributed by atoms with Crippen LogP contribution < -0.4 is 4.72 Å². The number of aliphatic hydroxyl groups is 1. The Morgan fingerprint density at radius 1 is 0.903 bits per heavy atom. The Kier molecular flexibility index (Phi) is 5.73. The van der Waals surface area contributed by atoms with Crippen LogP contribution in [-0.2, 0) is 10.0 Å². The van der Waals surface area contributed by atoms with Crippen LogP contribution in [0.3, 0.4) is 0 Å². The number of benzene rings is 3. The zero-order chi connectivity index (χ0) is 22.0. The van der Waals surface area contributed by atoms with Crippen LogP contribution in [0.4, 0.5) is 0 Å². The molecule has 2 atom stereocenters. The molecule has 7 heteroatoms. The number of hydrogen-bond donors (Lipinski definition) is 2. The van der Waals surface area contributed by atoms with E-state index in [0.29, 0.717) is 11.1 Å². The largest absolute Gasteiger partial charge is 0.381 e. The van der Waals surface area contributed by atoms with E-state index in [0.717, 1.165) is 10.8 Å². The lowest BCUT2D eigenvalue weighted by Gasteiger charge is -2.25. The van der Waals surface area contributed by atoms with E-state index < -0.39 is 28.1 Å². The third-order valence-electron chi connectivity index (χ3n) is 5.25. The third-order valence-corrected chi connectivity index (χ3v) is 6.85. The summed E-state index contributed by atoms with van der Waals surface area (Å²) in [7, 11) is -4.03. The molecule has 0 aliphatic carbocycles. The monoisotopic (exact) mass is 434 g/mol. The molecule has 6 nitrogen and oxygen atoms in total. The van der Waals surface area contributed by atoms with E-state index in [-0.39, 0.29) is 4.90 Å². The van der Waals surface area contributed by atoms with E-state index in [1.807, 2.05) is 30.3 Å². The summed E-state index contributed by atoms with van der Waals surface area (Å²) in [5.74, 6) is -0.629. The molecular formula is C24H22N2O4S. The van der Waals surface area contributed by atoms with Gasteiger partial charge in [0.1, 0.15) is 0 Å². The first kappa shape index (κ1) is 21.0. The summed E-state index contributed by atoms with van der Waals surface area (Å²) in [5, 5.41) is 12.7.